The molecule has 1 rings (SSSR count). The number of hydrogen-bond donors (Lipinski definition) is 1. The monoisotopic (exact) mass is 298 g/mol. The first-order valence-corrected chi connectivity index (χ1v) is 8.00. The van der Waals surface area contributed by atoms with Gasteiger partial charge in [-0.3, -0.25) is 0 Å². The minimum Gasteiger partial charge on any atom is -0.374 e. The number of ether oxygens (including phenoxy) is 1. The van der Waals surface area contributed by atoms with Crippen LogP contribution in [0.2, 0.25) is 0 Å². The zero-order valence-electron chi connectivity index (χ0n) is 14.0. The van der Waals surface area contributed by atoms with Crippen LogP contribution in [0.25, 0.3) is 0 Å². The molecule has 0 radical (unpaired) electrons. The van der Waals surface area contributed by atoms with Crippen LogP contribution in [0.3, 0.4) is 0 Å². The minimum atomic E-state index is 0.0773. The molecule has 0 aromatic carbocycles. The Hall–Kier alpha value is -0.420. The summed E-state index contributed by atoms with van der Waals surface area (Å²) in [5.41, 5.74) is 0.240. The van der Waals surface area contributed by atoms with E-state index in [9.17, 15) is 0 Å². The lowest BCUT2D eigenvalue weighted by molar-refractivity contribution is 0.0285. The molecule has 4 heteroatoms. The van der Waals surface area contributed by atoms with Crippen molar-refractivity contribution in [2.75, 3.05) is 20.7 Å². The van der Waals surface area contributed by atoms with Crippen molar-refractivity contribution in [2.24, 2.45) is 0 Å². The number of rotatable bonds is 7. The van der Waals surface area contributed by atoms with Crippen molar-refractivity contribution in [1.29, 1.82) is 0 Å². The van der Waals surface area contributed by atoms with Gasteiger partial charge >= 0.3 is 0 Å². The molecule has 1 heterocycles. The predicted molar refractivity (Wildman–Crippen MR) is 88.3 cm³/mol. The van der Waals surface area contributed by atoms with Crippen molar-refractivity contribution in [3.8, 4) is 0 Å². The summed E-state index contributed by atoms with van der Waals surface area (Å²) in [7, 11) is 4.18. The van der Waals surface area contributed by atoms with Gasteiger partial charge in [-0.2, -0.15) is 0 Å². The number of nitrogens with one attached hydrogen (secondary N) is 1. The van der Waals surface area contributed by atoms with Crippen LogP contribution in [0.5, 0.6) is 0 Å². The molecule has 0 fully saturated rings. The molecule has 0 aliphatic heterocycles. The Morgan fingerprint density at radius 2 is 1.70 bits per heavy atom. The third kappa shape index (κ3) is 6.35. The number of hydrogen-bond acceptors (Lipinski definition) is 4. The normalized spacial score (nSPS) is 13.2. The Morgan fingerprint density at radius 3 is 2.25 bits per heavy atom. The fourth-order valence-electron chi connectivity index (χ4n) is 1.48. The van der Waals surface area contributed by atoms with Crippen LogP contribution in [-0.4, -0.2) is 36.7 Å². The molecule has 0 amide bonds. The maximum atomic E-state index is 5.85. The summed E-state index contributed by atoms with van der Waals surface area (Å²) < 4.78 is 5.85. The molecule has 1 N–H and O–H groups in total. The second-order valence-electron chi connectivity index (χ2n) is 7.17. The van der Waals surface area contributed by atoms with E-state index >= 15 is 0 Å². The Bertz CT molecular complexity index is 405. The number of likely N-dealkylation sites (N-methyl/N-ethyl adjacent to an activating group) is 1. The highest BCUT2D eigenvalue weighted by Gasteiger charge is 2.20. The van der Waals surface area contributed by atoms with Crippen molar-refractivity contribution >= 4 is 11.3 Å². The van der Waals surface area contributed by atoms with Crippen molar-refractivity contribution in [1.82, 2.24) is 10.2 Å². The maximum absolute atomic E-state index is 5.85. The van der Waals surface area contributed by atoms with Gasteiger partial charge in [0.25, 0.3) is 0 Å². The molecule has 0 aliphatic carbocycles. The molecule has 3 nitrogen and oxygen atoms in total. The van der Waals surface area contributed by atoms with Gasteiger partial charge in [-0.15, -0.1) is 11.3 Å². The summed E-state index contributed by atoms with van der Waals surface area (Å²) in [6.07, 6.45) is 0. The average Bonchev–Trinajstić information content (AvgIpc) is 2.73. The fraction of sp³-hybridized carbons (Fsp3) is 0.750. The lowest BCUT2D eigenvalue weighted by atomic mass is 10.1. The lowest BCUT2D eigenvalue weighted by Gasteiger charge is -2.32. The van der Waals surface area contributed by atoms with Gasteiger partial charge < -0.3 is 15.0 Å². The van der Waals surface area contributed by atoms with Gasteiger partial charge in [-0.25, -0.2) is 0 Å². The lowest BCUT2D eigenvalue weighted by Crippen LogP contribution is -2.42. The van der Waals surface area contributed by atoms with Gasteiger partial charge in [-0.1, -0.05) is 0 Å². The Kier molecular flexibility index (Phi) is 6.20. The second-order valence-corrected chi connectivity index (χ2v) is 8.42. The molecular formula is C16H30N2OS. The SMILES string of the molecule is CN(C)C(C)(C)COCc1ccc(CNC(C)(C)C)s1. The zero-order valence-corrected chi connectivity index (χ0v) is 14.9. The molecule has 116 valence electrons. The Balaban J connectivity index is 2.38. The van der Waals surface area contributed by atoms with Gasteiger partial charge in [0.15, 0.2) is 0 Å². The van der Waals surface area contributed by atoms with E-state index in [0.29, 0.717) is 6.61 Å². The topological polar surface area (TPSA) is 24.5 Å². The van der Waals surface area contributed by atoms with E-state index in [4.69, 9.17) is 4.74 Å². The summed E-state index contributed by atoms with van der Waals surface area (Å²) >= 11 is 1.83. The Morgan fingerprint density at radius 1 is 1.10 bits per heavy atom. The van der Waals surface area contributed by atoms with Crippen molar-refractivity contribution in [3.05, 3.63) is 21.9 Å². The molecular weight excluding hydrogens is 268 g/mol. The first kappa shape index (κ1) is 17.6. The number of thiophene rings is 1. The van der Waals surface area contributed by atoms with Gasteiger partial charge in [0.05, 0.1) is 13.2 Å². The van der Waals surface area contributed by atoms with E-state index in [-0.39, 0.29) is 11.1 Å². The first-order valence-electron chi connectivity index (χ1n) is 7.18. The molecule has 1 aromatic rings. The molecule has 0 unspecified atom stereocenters. The van der Waals surface area contributed by atoms with Crippen LogP contribution in [0.15, 0.2) is 12.1 Å². The van der Waals surface area contributed by atoms with Crippen LogP contribution in [0, 0.1) is 0 Å². The highest BCUT2D eigenvalue weighted by molar-refractivity contribution is 7.11. The average molecular weight is 298 g/mol. The van der Waals surface area contributed by atoms with Crippen LogP contribution in [0.1, 0.15) is 44.4 Å². The summed E-state index contributed by atoms with van der Waals surface area (Å²) in [5.74, 6) is 0. The smallest absolute Gasteiger partial charge is 0.0810 e. The maximum Gasteiger partial charge on any atom is 0.0810 e. The highest BCUT2D eigenvalue weighted by atomic mass is 32.1. The van der Waals surface area contributed by atoms with E-state index < -0.39 is 0 Å². The van der Waals surface area contributed by atoms with Gasteiger partial charge in [0.2, 0.25) is 0 Å². The zero-order chi connectivity index (χ0) is 15.4. The molecule has 0 atom stereocenters. The van der Waals surface area contributed by atoms with Crippen molar-refractivity contribution in [3.63, 3.8) is 0 Å². The molecule has 0 bridgehead atoms. The fourth-order valence-corrected chi connectivity index (χ4v) is 2.37. The largest absolute Gasteiger partial charge is 0.374 e. The summed E-state index contributed by atoms with van der Waals surface area (Å²) in [6.45, 7) is 13.3. The molecule has 20 heavy (non-hydrogen) atoms. The minimum absolute atomic E-state index is 0.0773. The van der Waals surface area contributed by atoms with Crippen LogP contribution >= 0.6 is 11.3 Å². The van der Waals surface area contributed by atoms with Crippen molar-refractivity contribution in [2.45, 2.75) is 58.8 Å². The summed E-state index contributed by atoms with van der Waals surface area (Å²) in [5, 5.41) is 3.51. The summed E-state index contributed by atoms with van der Waals surface area (Å²) in [4.78, 5) is 4.86. The highest BCUT2D eigenvalue weighted by Crippen LogP contribution is 2.19. The standard InChI is InChI=1S/C16H30N2OS/c1-15(2,3)17-10-13-8-9-14(20-13)11-19-12-16(4,5)18(6)7/h8-9,17H,10-12H2,1-7H3. The van der Waals surface area contributed by atoms with Gasteiger partial charge in [0, 0.05) is 27.4 Å². The van der Waals surface area contributed by atoms with Crippen LogP contribution < -0.4 is 5.32 Å². The van der Waals surface area contributed by atoms with E-state index in [1.807, 2.05) is 11.3 Å². The summed E-state index contributed by atoms with van der Waals surface area (Å²) in [6, 6.07) is 4.37. The van der Waals surface area contributed by atoms with E-state index in [0.717, 1.165) is 13.2 Å². The predicted octanol–water partition coefficient (Wildman–Crippen LogP) is 3.49. The van der Waals surface area contributed by atoms with Crippen molar-refractivity contribution < 1.29 is 4.74 Å². The molecule has 0 saturated carbocycles. The van der Waals surface area contributed by atoms with E-state index in [1.54, 1.807) is 0 Å². The molecule has 0 aliphatic rings. The first-order chi connectivity index (χ1) is 9.10. The van der Waals surface area contributed by atoms with Crippen LogP contribution in [0.4, 0.5) is 0 Å². The molecule has 0 saturated heterocycles. The third-order valence-electron chi connectivity index (χ3n) is 3.42. The Labute approximate surface area is 128 Å². The van der Waals surface area contributed by atoms with Gasteiger partial charge in [-0.05, 0) is 60.8 Å². The van der Waals surface area contributed by atoms with E-state index in [1.165, 1.54) is 9.75 Å². The number of nitrogens with zero attached hydrogens (tertiary/aromatic N) is 1. The molecule has 0 spiro atoms. The second kappa shape index (κ2) is 7.03. The van der Waals surface area contributed by atoms with Gasteiger partial charge in [0.1, 0.15) is 0 Å². The van der Waals surface area contributed by atoms with Crippen LogP contribution in [-0.2, 0) is 17.9 Å². The van der Waals surface area contributed by atoms with E-state index in [2.05, 4.69) is 71.1 Å². The molecule has 1 aromatic heterocycles. The third-order valence-corrected chi connectivity index (χ3v) is 4.48. The quantitative estimate of drug-likeness (QED) is 0.834.